The minimum absolute atomic E-state index is 0.141. The molecular weight excluding hydrogens is 315 g/mol. The standard InChI is InChI=1S/C15H18F3NO2S/c1-21-6-7-22-9-14(20)19-13-8-11(13)10-4-2-3-5-12(10)15(16,17)18/h2-5,11,13H,6-9H2,1H3,(H,19,20)/t11-,13+/m1/s1. The molecule has 1 aromatic carbocycles. The van der Waals surface area contributed by atoms with E-state index in [0.29, 0.717) is 18.8 Å². The molecule has 1 saturated carbocycles. The number of amides is 1. The zero-order valence-electron chi connectivity index (χ0n) is 12.2. The topological polar surface area (TPSA) is 38.3 Å². The summed E-state index contributed by atoms with van der Waals surface area (Å²) < 4.78 is 43.8. The van der Waals surface area contributed by atoms with Gasteiger partial charge >= 0.3 is 6.18 Å². The minimum atomic E-state index is -4.36. The molecule has 7 heteroatoms. The molecule has 1 N–H and O–H groups in total. The number of hydrogen-bond acceptors (Lipinski definition) is 3. The summed E-state index contributed by atoms with van der Waals surface area (Å²) in [5, 5.41) is 2.79. The number of carbonyl (C=O) groups is 1. The lowest BCUT2D eigenvalue weighted by atomic mass is 10.0. The van der Waals surface area contributed by atoms with Crippen LogP contribution in [0.4, 0.5) is 13.2 Å². The van der Waals surface area contributed by atoms with Crippen molar-refractivity contribution in [3.63, 3.8) is 0 Å². The van der Waals surface area contributed by atoms with Crippen molar-refractivity contribution in [2.24, 2.45) is 0 Å². The van der Waals surface area contributed by atoms with E-state index in [9.17, 15) is 18.0 Å². The van der Waals surface area contributed by atoms with Gasteiger partial charge in [-0.2, -0.15) is 13.2 Å². The maximum atomic E-state index is 13.0. The van der Waals surface area contributed by atoms with Crippen molar-refractivity contribution in [3.05, 3.63) is 35.4 Å². The van der Waals surface area contributed by atoms with Crippen molar-refractivity contribution in [2.75, 3.05) is 25.2 Å². The van der Waals surface area contributed by atoms with E-state index in [0.717, 1.165) is 11.8 Å². The average molecular weight is 333 g/mol. The van der Waals surface area contributed by atoms with Crippen molar-refractivity contribution >= 4 is 17.7 Å². The molecule has 2 rings (SSSR count). The maximum Gasteiger partial charge on any atom is 0.416 e. The van der Waals surface area contributed by atoms with Crippen LogP contribution in [-0.2, 0) is 15.7 Å². The van der Waals surface area contributed by atoms with Crippen molar-refractivity contribution in [1.29, 1.82) is 0 Å². The van der Waals surface area contributed by atoms with Gasteiger partial charge in [-0.1, -0.05) is 18.2 Å². The van der Waals surface area contributed by atoms with E-state index < -0.39 is 11.7 Å². The molecule has 0 heterocycles. The van der Waals surface area contributed by atoms with Crippen molar-refractivity contribution in [1.82, 2.24) is 5.32 Å². The van der Waals surface area contributed by atoms with Crippen LogP contribution in [0.1, 0.15) is 23.5 Å². The Balaban J connectivity index is 1.87. The van der Waals surface area contributed by atoms with Gasteiger partial charge in [0, 0.05) is 24.8 Å². The van der Waals surface area contributed by atoms with Crippen molar-refractivity contribution < 1.29 is 22.7 Å². The smallest absolute Gasteiger partial charge is 0.384 e. The van der Waals surface area contributed by atoms with Crippen molar-refractivity contribution in [2.45, 2.75) is 24.6 Å². The van der Waals surface area contributed by atoms with Crippen LogP contribution in [0.2, 0.25) is 0 Å². The van der Waals surface area contributed by atoms with Gasteiger partial charge < -0.3 is 10.1 Å². The summed E-state index contributed by atoms with van der Waals surface area (Å²) >= 11 is 1.44. The second-order valence-electron chi connectivity index (χ2n) is 5.15. The van der Waals surface area contributed by atoms with E-state index in [1.54, 1.807) is 13.2 Å². The van der Waals surface area contributed by atoms with Gasteiger partial charge in [-0.3, -0.25) is 4.79 Å². The number of benzene rings is 1. The number of thioether (sulfide) groups is 1. The highest BCUT2D eigenvalue weighted by molar-refractivity contribution is 7.99. The maximum absolute atomic E-state index is 13.0. The Morgan fingerprint density at radius 1 is 1.41 bits per heavy atom. The van der Waals surface area contributed by atoms with Gasteiger partial charge in [0.05, 0.1) is 17.9 Å². The Bertz CT molecular complexity index is 522. The summed E-state index contributed by atoms with van der Waals surface area (Å²) in [4.78, 5) is 11.7. The van der Waals surface area contributed by atoms with Crippen LogP contribution in [0, 0.1) is 0 Å². The first kappa shape index (κ1) is 17.1. The summed E-state index contributed by atoms with van der Waals surface area (Å²) in [6.07, 6.45) is -3.80. The first-order chi connectivity index (χ1) is 10.4. The highest BCUT2D eigenvalue weighted by atomic mass is 32.2. The van der Waals surface area contributed by atoms with Gasteiger partial charge in [0.15, 0.2) is 0 Å². The van der Waals surface area contributed by atoms with Crippen LogP contribution in [0.5, 0.6) is 0 Å². The van der Waals surface area contributed by atoms with Crippen molar-refractivity contribution in [3.8, 4) is 0 Å². The number of methoxy groups -OCH3 is 1. The second-order valence-corrected chi connectivity index (χ2v) is 6.25. The van der Waals surface area contributed by atoms with Crippen LogP contribution in [0.15, 0.2) is 24.3 Å². The quantitative estimate of drug-likeness (QED) is 0.780. The molecule has 1 aliphatic rings. The number of carbonyl (C=O) groups excluding carboxylic acids is 1. The lowest BCUT2D eigenvalue weighted by Gasteiger charge is -2.12. The van der Waals surface area contributed by atoms with E-state index in [1.807, 2.05) is 0 Å². The molecule has 3 nitrogen and oxygen atoms in total. The molecule has 2 atom stereocenters. The monoisotopic (exact) mass is 333 g/mol. The fourth-order valence-electron chi connectivity index (χ4n) is 2.33. The summed E-state index contributed by atoms with van der Waals surface area (Å²) in [5.41, 5.74) is -0.335. The van der Waals surface area contributed by atoms with Crippen LogP contribution >= 0.6 is 11.8 Å². The molecule has 0 saturated heterocycles. The van der Waals surface area contributed by atoms with Gasteiger partial charge in [-0.15, -0.1) is 11.8 Å². The van der Waals surface area contributed by atoms with Gasteiger partial charge in [0.25, 0.3) is 0 Å². The molecule has 22 heavy (non-hydrogen) atoms. The molecule has 1 fully saturated rings. The molecule has 0 radical (unpaired) electrons. The molecule has 1 aromatic rings. The predicted octanol–water partition coefficient (Wildman–Crippen LogP) is 3.06. The van der Waals surface area contributed by atoms with E-state index in [1.165, 1.54) is 23.9 Å². The Morgan fingerprint density at radius 2 is 2.14 bits per heavy atom. The number of nitrogens with one attached hydrogen (secondary N) is 1. The zero-order chi connectivity index (χ0) is 16.2. The number of ether oxygens (including phenoxy) is 1. The van der Waals surface area contributed by atoms with Crippen LogP contribution < -0.4 is 5.32 Å². The highest BCUT2D eigenvalue weighted by Gasteiger charge is 2.44. The van der Waals surface area contributed by atoms with E-state index >= 15 is 0 Å². The van der Waals surface area contributed by atoms with E-state index in [-0.39, 0.29) is 23.4 Å². The highest BCUT2D eigenvalue weighted by Crippen LogP contribution is 2.46. The molecular formula is C15H18F3NO2S. The predicted molar refractivity (Wildman–Crippen MR) is 79.9 cm³/mol. The fourth-order valence-corrected chi connectivity index (χ4v) is 3.03. The molecule has 0 spiro atoms. The lowest BCUT2D eigenvalue weighted by molar-refractivity contribution is -0.138. The SMILES string of the molecule is COCCSCC(=O)N[C@H]1C[C@@H]1c1ccccc1C(F)(F)F. The number of rotatable bonds is 7. The van der Waals surface area contributed by atoms with Gasteiger partial charge in [-0.25, -0.2) is 0 Å². The largest absolute Gasteiger partial charge is 0.416 e. The molecule has 1 amide bonds. The summed E-state index contributed by atoms with van der Waals surface area (Å²) in [5.74, 6) is 0.631. The molecule has 0 bridgehead atoms. The average Bonchev–Trinajstić information content (AvgIpc) is 3.22. The van der Waals surface area contributed by atoms with Crippen LogP contribution in [-0.4, -0.2) is 37.2 Å². The Kier molecular flexibility index (Phi) is 5.74. The third-order valence-corrected chi connectivity index (χ3v) is 4.39. The Morgan fingerprint density at radius 3 is 2.82 bits per heavy atom. The second kappa shape index (κ2) is 7.37. The number of halogens is 3. The van der Waals surface area contributed by atoms with Gasteiger partial charge in [-0.05, 0) is 18.1 Å². The number of hydrogen-bond donors (Lipinski definition) is 1. The van der Waals surface area contributed by atoms with Gasteiger partial charge in [0.1, 0.15) is 0 Å². The molecule has 0 aromatic heterocycles. The third-order valence-electron chi connectivity index (χ3n) is 3.47. The summed E-state index contributed by atoms with van der Waals surface area (Å²) in [6.45, 7) is 0.572. The third kappa shape index (κ3) is 4.64. The minimum Gasteiger partial charge on any atom is -0.384 e. The number of alkyl halides is 3. The van der Waals surface area contributed by atoms with Gasteiger partial charge in [0.2, 0.25) is 5.91 Å². The van der Waals surface area contributed by atoms with Crippen LogP contribution in [0.25, 0.3) is 0 Å². The zero-order valence-corrected chi connectivity index (χ0v) is 13.0. The summed E-state index contributed by atoms with van der Waals surface area (Å²) in [6, 6.07) is 5.37. The molecule has 0 unspecified atom stereocenters. The normalized spacial score (nSPS) is 20.7. The Hall–Kier alpha value is -1.21. The Labute approximate surface area is 131 Å². The molecule has 122 valence electrons. The lowest BCUT2D eigenvalue weighted by Crippen LogP contribution is -2.28. The van der Waals surface area contributed by atoms with E-state index in [4.69, 9.17) is 4.74 Å². The summed E-state index contributed by atoms with van der Waals surface area (Å²) in [7, 11) is 1.59. The van der Waals surface area contributed by atoms with E-state index in [2.05, 4.69) is 5.32 Å². The molecule has 1 aliphatic carbocycles. The van der Waals surface area contributed by atoms with Crippen LogP contribution in [0.3, 0.4) is 0 Å². The first-order valence-corrected chi connectivity index (χ1v) is 8.11. The fraction of sp³-hybridized carbons (Fsp3) is 0.533. The molecule has 0 aliphatic heterocycles. The first-order valence-electron chi connectivity index (χ1n) is 6.95.